The topological polar surface area (TPSA) is 73.9 Å². The van der Waals surface area contributed by atoms with Crippen LogP contribution in [0.25, 0.3) is 16.9 Å². The Morgan fingerprint density at radius 1 is 1.17 bits per heavy atom. The minimum absolute atomic E-state index is 0.0114. The first kappa shape index (κ1) is 22.8. The monoisotopic (exact) mass is 485 g/mol. The Hall–Kier alpha value is -4.02. The zero-order chi connectivity index (χ0) is 24.7. The molecule has 0 atom stereocenters. The molecule has 0 saturated carbocycles. The molecule has 0 N–H and O–H groups in total. The largest absolute Gasteiger partial charge is 0.496 e. The number of carbonyl (C=O) groups is 1. The number of rotatable bonds is 6. The normalized spacial score (nSPS) is 13.9. The van der Waals surface area contributed by atoms with Gasteiger partial charge in [0, 0.05) is 31.4 Å². The fourth-order valence-electron chi connectivity index (χ4n) is 4.25. The zero-order valence-corrected chi connectivity index (χ0v) is 19.0. The van der Waals surface area contributed by atoms with Gasteiger partial charge in [-0.15, -0.1) is 0 Å². The average molecular weight is 485 g/mol. The Kier molecular flexibility index (Phi) is 5.62. The third kappa shape index (κ3) is 4.41. The van der Waals surface area contributed by atoms with Gasteiger partial charge in [-0.1, -0.05) is 0 Å². The highest BCUT2D eigenvalue weighted by atomic mass is 19.4. The summed E-state index contributed by atoms with van der Waals surface area (Å²) in [7, 11) is 3.29. The Labute approximate surface area is 198 Å². The Bertz CT molecular complexity index is 1390. The highest BCUT2D eigenvalue weighted by Gasteiger charge is 2.37. The maximum Gasteiger partial charge on any atom is 0.406 e. The number of amides is 1. The number of aryl methyl sites for hydroxylation is 1. The van der Waals surface area contributed by atoms with E-state index < -0.39 is 18.6 Å². The van der Waals surface area contributed by atoms with E-state index in [0.717, 1.165) is 21.9 Å². The SMILES string of the molecule is COc1cc(-c2cnc3cc(OCc4cncn4C)ccn23)cc2c1C(=O)N(CC(F)(F)F)CC2. The van der Waals surface area contributed by atoms with E-state index in [1.54, 1.807) is 24.8 Å². The van der Waals surface area contributed by atoms with E-state index in [0.29, 0.717) is 30.0 Å². The van der Waals surface area contributed by atoms with E-state index in [1.165, 1.54) is 7.11 Å². The quantitative estimate of drug-likeness (QED) is 0.415. The van der Waals surface area contributed by atoms with Crippen LogP contribution < -0.4 is 9.47 Å². The number of imidazole rings is 2. The molecule has 4 heterocycles. The summed E-state index contributed by atoms with van der Waals surface area (Å²) in [4.78, 5) is 22.2. The van der Waals surface area contributed by atoms with Gasteiger partial charge in [0.1, 0.15) is 30.3 Å². The number of aromatic nitrogens is 4. The summed E-state index contributed by atoms with van der Waals surface area (Å²) in [5.74, 6) is 0.204. The van der Waals surface area contributed by atoms with Gasteiger partial charge >= 0.3 is 6.18 Å². The molecule has 35 heavy (non-hydrogen) atoms. The van der Waals surface area contributed by atoms with Crippen molar-refractivity contribution in [1.29, 1.82) is 0 Å². The maximum absolute atomic E-state index is 12.9. The molecular weight excluding hydrogens is 463 g/mol. The van der Waals surface area contributed by atoms with Crippen molar-refractivity contribution in [2.75, 3.05) is 20.2 Å². The van der Waals surface area contributed by atoms with Gasteiger partial charge in [-0.05, 0) is 30.2 Å². The fourth-order valence-corrected chi connectivity index (χ4v) is 4.25. The van der Waals surface area contributed by atoms with Gasteiger partial charge in [0.2, 0.25) is 0 Å². The predicted molar refractivity (Wildman–Crippen MR) is 120 cm³/mol. The van der Waals surface area contributed by atoms with Crippen LogP contribution in [0.4, 0.5) is 13.2 Å². The molecule has 3 aromatic heterocycles. The van der Waals surface area contributed by atoms with Gasteiger partial charge in [-0.25, -0.2) is 9.97 Å². The van der Waals surface area contributed by atoms with E-state index in [-0.39, 0.29) is 17.9 Å². The molecule has 0 spiro atoms. The number of halogens is 3. The van der Waals surface area contributed by atoms with Gasteiger partial charge in [-0.2, -0.15) is 13.2 Å². The summed E-state index contributed by atoms with van der Waals surface area (Å²) in [6, 6.07) is 7.11. The predicted octanol–water partition coefficient (Wildman–Crippen LogP) is 3.88. The summed E-state index contributed by atoms with van der Waals surface area (Å²) < 4.78 is 53.7. The lowest BCUT2D eigenvalue weighted by Gasteiger charge is -2.30. The lowest BCUT2D eigenvalue weighted by molar-refractivity contribution is -0.141. The lowest BCUT2D eigenvalue weighted by atomic mass is 9.94. The number of carbonyl (C=O) groups excluding carboxylic acids is 1. The van der Waals surface area contributed by atoms with Crippen molar-refractivity contribution in [1.82, 2.24) is 23.8 Å². The van der Waals surface area contributed by atoms with Crippen molar-refractivity contribution in [3.63, 3.8) is 0 Å². The number of hydrogen-bond acceptors (Lipinski definition) is 5. The number of alkyl halides is 3. The second-order valence-corrected chi connectivity index (χ2v) is 8.32. The van der Waals surface area contributed by atoms with Crippen LogP contribution in [0.5, 0.6) is 11.5 Å². The first-order chi connectivity index (χ1) is 16.7. The van der Waals surface area contributed by atoms with Gasteiger partial charge in [0.05, 0.1) is 42.8 Å². The second-order valence-electron chi connectivity index (χ2n) is 8.32. The van der Waals surface area contributed by atoms with Gasteiger partial charge in [-0.3, -0.25) is 9.20 Å². The molecule has 0 fully saturated rings. The standard InChI is InChI=1S/C24H22F3N5O3/c1-30-14-28-10-17(30)12-35-18-4-6-32-19(11-29-21(32)9-18)16-7-15-3-5-31(13-24(25,26)27)23(33)22(15)20(8-16)34-2/h4,6-11,14H,3,5,12-13H2,1-2H3. The molecule has 0 radical (unpaired) electrons. The number of pyridine rings is 1. The van der Waals surface area contributed by atoms with Crippen molar-refractivity contribution in [3.8, 4) is 22.8 Å². The minimum Gasteiger partial charge on any atom is -0.496 e. The molecule has 0 unspecified atom stereocenters. The molecule has 1 aliphatic rings. The molecule has 1 amide bonds. The highest BCUT2D eigenvalue weighted by molar-refractivity contribution is 6.00. The summed E-state index contributed by atoms with van der Waals surface area (Å²) in [6.45, 7) is -0.932. The van der Waals surface area contributed by atoms with Crippen LogP contribution in [0.15, 0.2) is 49.2 Å². The third-order valence-electron chi connectivity index (χ3n) is 6.01. The summed E-state index contributed by atoms with van der Waals surface area (Å²) >= 11 is 0. The van der Waals surface area contributed by atoms with Gasteiger partial charge < -0.3 is 18.9 Å². The fraction of sp³-hybridized carbons (Fsp3) is 0.292. The van der Waals surface area contributed by atoms with Crippen LogP contribution >= 0.6 is 0 Å². The minimum atomic E-state index is -4.46. The van der Waals surface area contributed by atoms with Crippen LogP contribution in [0, 0.1) is 0 Å². The number of fused-ring (bicyclic) bond motifs is 2. The Morgan fingerprint density at radius 3 is 2.71 bits per heavy atom. The maximum atomic E-state index is 12.9. The number of nitrogens with zero attached hydrogens (tertiary/aromatic N) is 5. The summed E-state index contributed by atoms with van der Waals surface area (Å²) in [6.07, 6.45) is 2.81. The smallest absolute Gasteiger partial charge is 0.406 e. The van der Waals surface area contributed by atoms with Crippen LogP contribution in [0.3, 0.4) is 0 Å². The van der Waals surface area contributed by atoms with Crippen LogP contribution in [0.1, 0.15) is 21.6 Å². The molecule has 1 aliphatic heterocycles. The van der Waals surface area contributed by atoms with Crippen molar-refractivity contribution in [2.24, 2.45) is 7.05 Å². The Balaban J connectivity index is 1.44. The lowest BCUT2D eigenvalue weighted by Crippen LogP contribution is -2.43. The van der Waals surface area contributed by atoms with E-state index >= 15 is 0 Å². The van der Waals surface area contributed by atoms with E-state index in [9.17, 15) is 18.0 Å². The number of methoxy groups -OCH3 is 1. The number of hydrogen-bond donors (Lipinski definition) is 0. The van der Waals surface area contributed by atoms with Crippen LogP contribution in [0.2, 0.25) is 0 Å². The number of ether oxygens (including phenoxy) is 2. The third-order valence-corrected chi connectivity index (χ3v) is 6.01. The van der Waals surface area contributed by atoms with Crippen LogP contribution in [-0.2, 0) is 20.1 Å². The first-order valence-corrected chi connectivity index (χ1v) is 10.9. The van der Waals surface area contributed by atoms with E-state index in [4.69, 9.17) is 9.47 Å². The van der Waals surface area contributed by atoms with E-state index in [2.05, 4.69) is 9.97 Å². The van der Waals surface area contributed by atoms with E-state index in [1.807, 2.05) is 40.4 Å². The first-order valence-electron chi connectivity index (χ1n) is 10.9. The molecule has 11 heteroatoms. The van der Waals surface area contributed by atoms with Crippen molar-refractivity contribution in [2.45, 2.75) is 19.2 Å². The van der Waals surface area contributed by atoms with Crippen LogP contribution in [-0.4, -0.2) is 56.1 Å². The molecule has 0 bridgehead atoms. The Morgan fingerprint density at radius 2 is 2.00 bits per heavy atom. The van der Waals surface area contributed by atoms with Gasteiger partial charge in [0.25, 0.3) is 5.91 Å². The molecule has 182 valence electrons. The molecule has 0 saturated heterocycles. The van der Waals surface area contributed by atoms with Crippen molar-refractivity contribution in [3.05, 3.63) is 66.0 Å². The molecule has 4 aromatic rings. The molecule has 5 rings (SSSR count). The number of benzene rings is 1. The van der Waals surface area contributed by atoms with Gasteiger partial charge in [0.15, 0.2) is 0 Å². The van der Waals surface area contributed by atoms with Crippen molar-refractivity contribution >= 4 is 11.6 Å². The molecule has 8 nitrogen and oxygen atoms in total. The second kappa shape index (κ2) is 8.64. The van der Waals surface area contributed by atoms with Crippen molar-refractivity contribution < 1.29 is 27.4 Å². The molecular formula is C24H22F3N5O3. The summed E-state index contributed by atoms with van der Waals surface area (Å²) in [5, 5.41) is 0. The highest BCUT2D eigenvalue weighted by Crippen LogP contribution is 2.35. The summed E-state index contributed by atoms with van der Waals surface area (Å²) in [5.41, 5.74) is 3.91. The average Bonchev–Trinajstić information content (AvgIpc) is 3.43. The molecule has 0 aliphatic carbocycles. The zero-order valence-electron chi connectivity index (χ0n) is 19.0. The molecule has 1 aromatic carbocycles.